The Morgan fingerprint density at radius 1 is 1.43 bits per heavy atom. The zero-order valence-electron chi connectivity index (χ0n) is 11.6. The van der Waals surface area contributed by atoms with E-state index in [1.807, 2.05) is 0 Å². The molecule has 0 bridgehead atoms. The van der Waals surface area contributed by atoms with Gasteiger partial charge in [0.15, 0.2) is 0 Å². The van der Waals surface area contributed by atoms with Gasteiger partial charge in [0, 0.05) is 39.6 Å². The number of benzene rings is 1. The molecule has 5 nitrogen and oxygen atoms in total. The van der Waals surface area contributed by atoms with E-state index in [0.29, 0.717) is 26.1 Å². The Balaban J connectivity index is 2.20. The van der Waals surface area contributed by atoms with E-state index in [-0.39, 0.29) is 16.5 Å². The fraction of sp³-hybridized carbons (Fsp3) is 0.538. The molecule has 1 aliphatic rings. The SMILES string of the molecule is CN(CC1(O)CCOCC1)S(=O)(=O)c1ccc(F)c(Cl)c1. The van der Waals surface area contributed by atoms with Crippen molar-refractivity contribution in [2.24, 2.45) is 0 Å². The third-order valence-electron chi connectivity index (χ3n) is 3.54. The summed E-state index contributed by atoms with van der Waals surface area (Å²) in [5, 5.41) is 10.1. The average Bonchev–Trinajstić information content (AvgIpc) is 2.42. The van der Waals surface area contributed by atoms with Crippen molar-refractivity contribution in [3.63, 3.8) is 0 Å². The minimum Gasteiger partial charge on any atom is -0.388 e. The van der Waals surface area contributed by atoms with Crippen molar-refractivity contribution in [2.45, 2.75) is 23.3 Å². The lowest BCUT2D eigenvalue weighted by molar-refractivity contribution is -0.0689. The molecule has 0 aromatic heterocycles. The van der Waals surface area contributed by atoms with Crippen LogP contribution in [0, 0.1) is 5.82 Å². The third-order valence-corrected chi connectivity index (χ3v) is 5.63. The van der Waals surface area contributed by atoms with Crippen LogP contribution in [-0.2, 0) is 14.8 Å². The molecule has 1 N–H and O–H groups in total. The highest BCUT2D eigenvalue weighted by atomic mass is 35.5. The van der Waals surface area contributed by atoms with E-state index in [0.717, 1.165) is 22.5 Å². The smallest absolute Gasteiger partial charge is 0.242 e. The van der Waals surface area contributed by atoms with Gasteiger partial charge >= 0.3 is 0 Å². The van der Waals surface area contributed by atoms with Crippen molar-refractivity contribution in [3.8, 4) is 0 Å². The van der Waals surface area contributed by atoms with Crippen LogP contribution in [-0.4, -0.2) is 50.2 Å². The summed E-state index contributed by atoms with van der Waals surface area (Å²) < 4.78 is 44.2. The van der Waals surface area contributed by atoms with Gasteiger partial charge in [0.25, 0.3) is 0 Å². The van der Waals surface area contributed by atoms with Gasteiger partial charge in [-0.25, -0.2) is 12.8 Å². The van der Waals surface area contributed by atoms with E-state index in [1.165, 1.54) is 7.05 Å². The molecule has 21 heavy (non-hydrogen) atoms. The molecule has 0 radical (unpaired) electrons. The number of hydrogen-bond acceptors (Lipinski definition) is 4. The van der Waals surface area contributed by atoms with Gasteiger partial charge in [-0.3, -0.25) is 0 Å². The van der Waals surface area contributed by atoms with Crippen LogP contribution in [0.3, 0.4) is 0 Å². The molecule has 0 saturated carbocycles. The van der Waals surface area contributed by atoms with Crippen LogP contribution >= 0.6 is 11.6 Å². The Bertz CT molecular complexity index is 617. The van der Waals surface area contributed by atoms with Gasteiger partial charge in [-0.1, -0.05) is 11.6 Å². The van der Waals surface area contributed by atoms with Gasteiger partial charge in [0.05, 0.1) is 15.5 Å². The minimum absolute atomic E-state index is 0.0479. The van der Waals surface area contributed by atoms with Crippen molar-refractivity contribution in [1.82, 2.24) is 4.31 Å². The maximum atomic E-state index is 13.1. The number of ether oxygens (including phenoxy) is 1. The second-order valence-electron chi connectivity index (χ2n) is 5.17. The largest absolute Gasteiger partial charge is 0.388 e. The summed E-state index contributed by atoms with van der Waals surface area (Å²) in [6.45, 7) is 0.743. The Labute approximate surface area is 128 Å². The Hall–Kier alpha value is -0.730. The summed E-state index contributed by atoms with van der Waals surface area (Å²) in [6, 6.07) is 3.23. The topological polar surface area (TPSA) is 66.8 Å². The summed E-state index contributed by atoms with van der Waals surface area (Å²) in [6.07, 6.45) is 0.744. The Kier molecular flexibility index (Phi) is 4.89. The van der Waals surface area contributed by atoms with Crippen LogP contribution in [0.1, 0.15) is 12.8 Å². The molecule has 0 amide bonds. The summed E-state index contributed by atoms with van der Waals surface area (Å²) in [5.41, 5.74) is -1.11. The highest BCUT2D eigenvalue weighted by molar-refractivity contribution is 7.89. The predicted molar refractivity (Wildman–Crippen MR) is 76.2 cm³/mol. The molecule has 1 aromatic carbocycles. The number of halogens is 2. The number of likely N-dealkylation sites (N-methyl/N-ethyl adjacent to an activating group) is 1. The highest BCUT2D eigenvalue weighted by Crippen LogP contribution is 2.26. The molecule has 1 fully saturated rings. The van der Waals surface area contributed by atoms with Crippen molar-refractivity contribution in [3.05, 3.63) is 29.0 Å². The first kappa shape index (κ1) is 16.6. The van der Waals surface area contributed by atoms with E-state index in [1.54, 1.807) is 0 Å². The molecule has 1 saturated heterocycles. The molecular formula is C13H17ClFNO4S. The molecule has 1 aromatic rings. The second kappa shape index (κ2) is 6.18. The van der Waals surface area contributed by atoms with Gasteiger partial charge in [0.2, 0.25) is 10.0 Å². The van der Waals surface area contributed by atoms with E-state index < -0.39 is 21.4 Å². The molecular weight excluding hydrogens is 321 g/mol. The first-order chi connectivity index (χ1) is 9.74. The maximum Gasteiger partial charge on any atom is 0.242 e. The van der Waals surface area contributed by atoms with Crippen LogP contribution in [0.25, 0.3) is 0 Å². The summed E-state index contributed by atoms with van der Waals surface area (Å²) >= 11 is 5.62. The first-order valence-electron chi connectivity index (χ1n) is 6.46. The summed E-state index contributed by atoms with van der Waals surface area (Å²) in [7, 11) is -2.46. The monoisotopic (exact) mass is 337 g/mol. The molecule has 2 rings (SSSR count). The number of rotatable bonds is 4. The molecule has 118 valence electrons. The van der Waals surface area contributed by atoms with Crippen LogP contribution in [0.5, 0.6) is 0 Å². The lowest BCUT2D eigenvalue weighted by Crippen LogP contribution is -2.47. The number of aliphatic hydroxyl groups is 1. The standard InChI is InChI=1S/C13H17ClFNO4S/c1-16(9-13(17)4-6-20-7-5-13)21(18,19)10-2-3-12(15)11(14)8-10/h2-3,8,17H,4-7,9H2,1H3. The number of sulfonamides is 1. The van der Waals surface area contributed by atoms with Gasteiger partial charge in [-0.15, -0.1) is 0 Å². The van der Waals surface area contributed by atoms with Crippen LogP contribution in [0.4, 0.5) is 4.39 Å². The van der Waals surface area contributed by atoms with Gasteiger partial charge in [0.1, 0.15) is 5.82 Å². The van der Waals surface area contributed by atoms with Crippen molar-refractivity contribution in [1.29, 1.82) is 0 Å². The molecule has 0 spiro atoms. The quantitative estimate of drug-likeness (QED) is 0.907. The van der Waals surface area contributed by atoms with E-state index in [4.69, 9.17) is 16.3 Å². The van der Waals surface area contributed by atoms with Gasteiger partial charge in [-0.05, 0) is 18.2 Å². The number of hydrogen-bond donors (Lipinski definition) is 1. The summed E-state index contributed by atoms with van der Waals surface area (Å²) in [5.74, 6) is -0.679. The second-order valence-corrected chi connectivity index (χ2v) is 7.63. The fourth-order valence-electron chi connectivity index (χ4n) is 2.23. The predicted octanol–water partition coefficient (Wildman–Crippen LogP) is 1.64. The zero-order valence-corrected chi connectivity index (χ0v) is 13.1. The van der Waals surface area contributed by atoms with E-state index in [9.17, 15) is 17.9 Å². The molecule has 1 aliphatic heterocycles. The lowest BCUT2D eigenvalue weighted by atomic mass is 9.95. The summed E-state index contributed by atoms with van der Waals surface area (Å²) in [4.78, 5) is -0.105. The normalized spacial score (nSPS) is 18.9. The van der Waals surface area contributed by atoms with Crippen LogP contribution < -0.4 is 0 Å². The molecule has 1 heterocycles. The van der Waals surface area contributed by atoms with E-state index >= 15 is 0 Å². The highest BCUT2D eigenvalue weighted by Gasteiger charge is 2.35. The van der Waals surface area contributed by atoms with Gasteiger partial charge < -0.3 is 9.84 Å². The molecule has 0 unspecified atom stereocenters. The number of nitrogens with zero attached hydrogens (tertiary/aromatic N) is 1. The van der Waals surface area contributed by atoms with Crippen molar-refractivity contribution < 1.29 is 22.7 Å². The van der Waals surface area contributed by atoms with Gasteiger partial charge in [-0.2, -0.15) is 4.31 Å². The molecule has 8 heteroatoms. The zero-order chi connectivity index (χ0) is 15.7. The Morgan fingerprint density at radius 3 is 2.62 bits per heavy atom. The van der Waals surface area contributed by atoms with E-state index in [2.05, 4.69) is 0 Å². The fourth-order valence-corrected chi connectivity index (χ4v) is 3.75. The molecule has 0 aliphatic carbocycles. The van der Waals surface area contributed by atoms with Crippen LogP contribution in [0.2, 0.25) is 5.02 Å². The van der Waals surface area contributed by atoms with Crippen molar-refractivity contribution >= 4 is 21.6 Å². The Morgan fingerprint density at radius 2 is 2.05 bits per heavy atom. The lowest BCUT2D eigenvalue weighted by Gasteiger charge is -2.35. The third kappa shape index (κ3) is 3.73. The first-order valence-corrected chi connectivity index (χ1v) is 8.28. The van der Waals surface area contributed by atoms with Crippen LogP contribution in [0.15, 0.2) is 23.1 Å². The maximum absolute atomic E-state index is 13.1. The molecule has 0 atom stereocenters. The average molecular weight is 338 g/mol. The minimum atomic E-state index is -3.83. The van der Waals surface area contributed by atoms with Crippen molar-refractivity contribution in [2.75, 3.05) is 26.8 Å².